The van der Waals surface area contributed by atoms with E-state index in [4.69, 9.17) is 4.74 Å². The zero-order chi connectivity index (χ0) is 22.5. The molecule has 3 aromatic carbocycles. The number of hydrogen-bond acceptors (Lipinski definition) is 3. The lowest BCUT2D eigenvalue weighted by Crippen LogP contribution is -2.58. The summed E-state index contributed by atoms with van der Waals surface area (Å²) in [6, 6.07) is 25.5. The predicted octanol–water partition coefficient (Wildman–Crippen LogP) is 5.20. The number of carbonyl (C=O) groups is 1. The van der Waals surface area contributed by atoms with Gasteiger partial charge in [0, 0.05) is 25.0 Å². The van der Waals surface area contributed by atoms with Crippen molar-refractivity contribution in [2.75, 3.05) is 19.6 Å². The summed E-state index contributed by atoms with van der Waals surface area (Å²) in [5.74, 6) is 0.270. The highest BCUT2D eigenvalue weighted by molar-refractivity contribution is 5.78. The van der Waals surface area contributed by atoms with Gasteiger partial charge in [-0.3, -0.25) is 4.79 Å². The number of carboxylic acid groups (broad SMARTS) is 1. The largest absolute Gasteiger partial charge is 0.489 e. The molecule has 1 saturated heterocycles. The summed E-state index contributed by atoms with van der Waals surface area (Å²) >= 11 is 0. The van der Waals surface area contributed by atoms with E-state index < -0.39 is 11.4 Å². The Bertz CT molecular complexity index is 1180. The van der Waals surface area contributed by atoms with E-state index in [0.717, 1.165) is 51.1 Å². The average molecular weight is 440 g/mol. The summed E-state index contributed by atoms with van der Waals surface area (Å²) in [7, 11) is 0. The number of aliphatic carboxylic acids is 1. The Hall–Kier alpha value is -3.11. The van der Waals surface area contributed by atoms with Crippen LogP contribution in [0.4, 0.5) is 0 Å². The SMILES string of the molecule is O=C(O)C1(CN2CC3(Cc4ccc(-c5ccc(OCc6ccccc6)cc5)cc4C3)C2)CC1. The van der Waals surface area contributed by atoms with E-state index in [0.29, 0.717) is 12.0 Å². The van der Waals surface area contributed by atoms with Crippen LogP contribution in [0.1, 0.15) is 29.5 Å². The van der Waals surface area contributed by atoms with Gasteiger partial charge in [0.15, 0.2) is 0 Å². The number of benzene rings is 3. The lowest BCUT2D eigenvalue weighted by Gasteiger charge is -2.49. The van der Waals surface area contributed by atoms with Crippen molar-refractivity contribution in [3.63, 3.8) is 0 Å². The molecule has 2 fully saturated rings. The first-order chi connectivity index (χ1) is 16.0. The van der Waals surface area contributed by atoms with Gasteiger partial charge in [-0.25, -0.2) is 0 Å². The summed E-state index contributed by atoms with van der Waals surface area (Å²) < 4.78 is 5.93. The molecule has 4 heteroatoms. The summed E-state index contributed by atoms with van der Waals surface area (Å²) in [4.78, 5) is 13.9. The molecule has 4 nitrogen and oxygen atoms in total. The molecule has 0 bridgehead atoms. The molecule has 0 unspecified atom stereocenters. The van der Waals surface area contributed by atoms with Gasteiger partial charge in [-0.15, -0.1) is 0 Å². The van der Waals surface area contributed by atoms with Crippen molar-refractivity contribution in [1.29, 1.82) is 0 Å². The number of carboxylic acids is 1. The fourth-order valence-electron chi connectivity index (χ4n) is 5.75. The maximum absolute atomic E-state index is 11.5. The van der Waals surface area contributed by atoms with Gasteiger partial charge in [-0.05, 0) is 65.6 Å². The number of fused-ring (bicyclic) bond motifs is 1. The van der Waals surface area contributed by atoms with Crippen molar-refractivity contribution in [3.05, 3.63) is 89.5 Å². The predicted molar refractivity (Wildman–Crippen MR) is 128 cm³/mol. The lowest BCUT2D eigenvalue weighted by molar-refractivity contribution is -0.145. The molecule has 33 heavy (non-hydrogen) atoms. The summed E-state index contributed by atoms with van der Waals surface area (Å²) in [6.07, 6.45) is 3.90. The molecule has 0 aromatic heterocycles. The fourth-order valence-corrected chi connectivity index (χ4v) is 5.75. The first-order valence-corrected chi connectivity index (χ1v) is 11.9. The van der Waals surface area contributed by atoms with Crippen LogP contribution in [0.25, 0.3) is 11.1 Å². The second-order valence-electron chi connectivity index (χ2n) is 10.4. The van der Waals surface area contributed by atoms with Gasteiger partial charge in [0.05, 0.1) is 5.41 Å². The first kappa shape index (κ1) is 20.5. The molecule has 1 aliphatic heterocycles. The van der Waals surface area contributed by atoms with E-state index in [-0.39, 0.29) is 0 Å². The summed E-state index contributed by atoms with van der Waals surface area (Å²) in [5, 5.41) is 9.47. The first-order valence-electron chi connectivity index (χ1n) is 11.9. The van der Waals surface area contributed by atoms with Crippen LogP contribution in [0.2, 0.25) is 0 Å². The molecular weight excluding hydrogens is 410 g/mol. The highest BCUT2D eigenvalue weighted by Crippen LogP contribution is 2.51. The van der Waals surface area contributed by atoms with Crippen molar-refractivity contribution in [2.45, 2.75) is 32.3 Å². The molecule has 0 amide bonds. The van der Waals surface area contributed by atoms with Crippen molar-refractivity contribution in [2.24, 2.45) is 10.8 Å². The quantitative estimate of drug-likeness (QED) is 0.550. The zero-order valence-electron chi connectivity index (χ0n) is 18.8. The Morgan fingerprint density at radius 3 is 2.27 bits per heavy atom. The third-order valence-electron chi connectivity index (χ3n) is 7.72. The fraction of sp³-hybridized carbons (Fsp3) is 0.345. The van der Waals surface area contributed by atoms with Crippen molar-refractivity contribution in [3.8, 4) is 16.9 Å². The Balaban J connectivity index is 1.08. The second kappa shape index (κ2) is 7.74. The molecular formula is C29H29NO3. The summed E-state index contributed by atoms with van der Waals surface area (Å²) in [6.45, 7) is 3.36. The standard InChI is InChI=1S/C29H29NO3/c31-27(32)29(12-13-29)20-30-18-28(19-30)15-24-7-6-23(14-25(24)16-28)22-8-10-26(11-9-22)33-17-21-4-2-1-3-5-21/h1-11,14H,12-13,15-20H2,(H,31,32). The number of nitrogens with zero attached hydrogens (tertiary/aromatic N) is 1. The highest BCUT2D eigenvalue weighted by atomic mass is 16.5. The minimum atomic E-state index is -0.612. The molecule has 1 spiro atoms. The van der Waals surface area contributed by atoms with E-state index in [1.165, 1.54) is 27.8 Å². The third-order valence-corrected chi connectivity index (χ3v) is 7.72. The van der Waals surface area contributed by atoms with Crippen LogP contribution < -0.4 is 4.74 Å². The second-order valence-corrected chi connectivity index (χ2v) is 10.4. The number of hydrogen-bond donors (Lipinski definition) is 1. The lowest BCUT2D eigenvalue weighted by atomic mass is 9.76. The van der Waals surface area contributed by atoms with Crippen LogP contribution in [-0.2, 0) is 24.2 Å². The Kier molecular flexibility index (Phi) is 4.81. The molecule has 3 aromatic rings. The minimum Gasteiger partial charge on any atom is -0.489 e. The zero-order valence-corrected chi connectivity index (χ0v) is 18.8. The molecule has 0 atom stereocenters. The van der Waals surface area contributed by atoms with Crippen molar-refractivity contribution < 1.29 is 14.6 Å². The molecule has 168 valence electrons. The maximum atomic E-state index is 11.5. The number of ether oxygens (including phenoxy) is 1. The molecule has 3 aliphatic rings. The van der Waals surface area contributed by atoms with E-state index in [1.54, 1.807) is 0 Å². The van der Waals surface area contributed by atoms with Gasteiger partial charge in [0.25, 0.3) is 0 Å². The van der Waals surface area contributed by atoms with Crippen LogP contribution in [0.3, 0.4) is 0 Å². The van der Waals surface area contributed by atoms with Crippen LogP contribution in [-0.4, -0.2) is 35.6 Å². The van der Waals surface area contributed by atoms with Crippen LogP contribution in [0, 0.1) is 10.8 Å². The normalized spacial score (nSPS) is 19.6. The van der Waals surface area contributed by atoms with Crippen LogP contribution in [0.15, 0.2) is 72.8 Å². The van der Waals surface area contributed by atoms with Crippen LogP contribution in [0.5, 0.6) is 5.75 Å². The van der Waals surface area contributed by atoms with Crippen LogP contribution >= 0.6 is 0 Å². The summed E-state index contributed by atoms with van der Waals surface area (Å²) in [5.41, 5.74) is 6.40. The van der Waals surface area contributed by atoms with E-state index in [2.05, 4.69) is 47.4 Å². The maximum Gasteiger partial charge on any atom is 0.310 e. The molecule has 6 rings (SSSR count). The van der Waals surface area contributed by atoms with E-state index >= 15 is 0 Å². The van der Waals surface area contributed by atoms with Gasteiger partial charge < -0.3 is 14.7 Å². The monoisotopic (exact) mass is 439 g/mol. The molecule has 0 radical (unpaired) electrons. The molecule has 2 aliphatic carbocycles. The Morgan fingerprint density at radius 1 is 0.879 bits per heavy atom. The molecule has 1 saturated carbocycles. The minimum absolute atomic E-state index is 0.310. The smallest absolute Gasteiger partial charge is 0.310 e. The van der Waals surface area contributed by atoms with Gasteiger partial charge in [-0.1, -0.05) is 60.7 Å². The van der Waals surface area contributed by atoms with Crippen molar-refractivity contribution >= 4 is 5.97 Å². The Morgan fingerprint density at radius 2 is 1.58 bits per heavy atom. The van der Waals surface area contributed by atoms with Gasteiger partial charge in [-0.2, -0.15) is 0 Å². The van der Waals surface area contributed by atoms with Gasteiger partial charge in [0.2, 0.25) is 0 Å². The molecule has 1 heterocycles. The average Bonchev–Trinajstić information content (AvgIpc) is 3.50. The van der Waals surface area contributed by atoms with E-state index in [9.17, 15) is 9.90 Å². The number of likely N-dealkylation sites (tertiary alicyclic amines) is 1. The van der Waals surface area contributed by atoms with E-state index in [1.807, 2.05) is 30.3 Å². The topological polar surface area (TPSA) is 49.8 Å². The van der Waals surface area contributed by atoms with Gasteiger partial charge in [0.1, 0.15) is 12.4 Å². The third kappa shape index (κ3) is 3.93. The van der Waals surface area contributed by atoms with Crippen molar-refractivity contribution in [1.82, 2.24) is 4.90 Å². The number of rotatable bonds is 7. The Labute approximate surface area is 194 Å². The highest BCUT2D eigenvalue weighted by Gasteiger charge is 2.55. The molecule has 1 N–H and O–H groups in total. The van der Waals surface area contributed by atoms with Gasteiger partial charge >= 0.3 is 5.97 Å².